The minimum Gasteiger partial charge on any atom is -0.241 e. The fourth-order valence-corrected chi connectivity index (χ4v) is 0.749. The summed E-state index contributed by atoms with van der Waals surface area (Å²) in [5.41, 5.74) is 1.35. The third-order valence-corrected chi connectivity index (χ3v) is 1.39. The van der Waals surface area contributed by atoms with Gasteiger partial charge in [0.2, 0.25) is 0 Å². The van der Waals surface area contributed by atoms with Crippen LogP contribution in [0.1, 0.15) is 31.2 Å². The topological polar surface area (TPSA) is 49.6 Å². The van der Waals surface area contributed by atoms with E-state index < -0.39 is 0 Å². The summed E-state index contributed by atoms with van der Waals surface area (Å²) >= 11 is 0. The molecule has 56 valence electrons. The molecular formula is C8H9N3. The van der Waals surface area contributed by atoms with Gasteiger partial charge in [-0.3, -0.25) is 0 Å². The average molecular weight is 147 g/mol. The highest BCUT2D eigenvalue weighted by Gasteiger charge is 2.01. The van der Waals surface area contributed by atoms with Crippen molar-refractivity contribution < 1.29 is 0 Å². The average Bonchev–Trinajstić information content (AvgIpc) is 2.05. The normalized spacial score (nSPS) is 9.64. The van der Waals surface area contributed by atoms with Crippen molar-refractivity contribution in [3.8, 4) is 6.07 Å². The van der Waals surface area contributed by atoms with Gasteiger partial charge in [0.15, 0.2) is 0 Å². The maximum absolute atomic E-state index is 8.50. The lowest BCUT2D eigenvalue weighted by Gasteiger charge is -2.01. The van der Waals surface area contributed by atoms with E-state index in [0.717, 1.165) is 5.69 Å². The molecule has 0 fully saturated rings. The van der Waals surface area contributed by atoms with Crippen molar-refractivity contribution in [3.05, 3.63) is 23.8 Å². The van der Waals surface area contributed by atoms with E-state index in [0.29, 0.717) is 11.6 Å². The van der Waals surface area contributed by atoms with Crippen molar-refractivity contribution in [2.24, 2.45) is 0 Å². The first-order valence-corrected chi connectivity index (χ1v) is 3.46. The highest BCUT2D eigenvalue weighted by atomic mass is 14.8. The zero-order chi connectivity index (χ0) is 8.27. The van der Waals surface area contributed by atoms with E-state index in [4.69, 9.17) is 5.26 Å². The van der Waals surface area contributed by atoms with Gasteiger partial charge in [0, 0.05) is 5.69 Å². The molecule has 0 amide bonds. The van der Waals surface area contributed by atoms with Crippen LogP contribution in [0.15, 0.2) is 12.4 Å². The van der Waals surface area contributed by atoms with E-state index in [1.165, 1.54) is 6.33 Å². The summed E-state index contributed by atoms with van der Waals surface area (Å²) < 4.78 is 0. The molecule has 11 heavy (non-hydrogen) atoms. The number of hydrogen-bond acceptors (Lipinski definition) is 3. The van der Waals surface area contributed by atoms with Gasteiger partial charge in [-0.1, -0.05) is 13.8 Å². The smallest absolute Gasteiger partial charge is 0.144 e. The van der Waals surface area contributed by atoms with E-state index in [9.17, 15) is 0 Å². The second-order valence-electron chi connectivity index (χ2n) is 2.59. The van der Waals surface area contributed by atoms with Crippen LogP contribution in [0.2, 0.25) is 0 Å². The minimum atomic E-state index is 0.352. The Morgan fingerprint density at radius 1 is 1.45 bits per heavy atom. The molecule has 0 N–H and O–H groups in total. The molecule has 1 heterocycles. The fourth-order valence-electron chi connectivity index (χ4n) is 0.749. The van der Waals surface area contributed by atoms with Crippen LogP contribution in [-0.4, -0.2) is 9.97 Å². The molecule has 0 aliphatic carbocycles. The lowest BCUT2D eigenvalue weighted by atomic mass is 10.1. The maximum Gasteiger partial charge on any atom is 0.144 e. The highest BCUT2D eigenvalue weighted by molar-refractivity contribution is 5.22. The second-order valence-corrected chi connectivity index (χ2v) is 2.59. The van der Waals surface area contributed by atoms with Crippen LogP contribution in [0.5, 0.6) is 0 Å². The van der Waals surface area contributed by atoms with Crippen molar-refractivity contribution in [2.75, 3.05) is 0 Å². The van der Waals surface area contributed by atoms with E-state index in [1.807, 2.05) is 19.9 Å². The van der Waals surface area contributed by atoms with Crippen LogP contribution < -0.4 is 0 Å². The molecule has 1 aromatic heterocycles. The first kappa shape index (κ1) is 7.67. The first-order valence-electron chi connectivity index (χ1n) is 3.46. The van der Waals surface area contributed by atoms with Crippen molar-refractivity contribution in [3.63, 3.8) is 0 Å². The van der Waals surface area contributed by atoms with Gasteiger partial charge in [0.1, 0.15) is 18.1 Å². The van der Waals surface area contributed by atoms with E-state index in [-0.39, 0.29) is 0 Å². The maximum atomic E-state index is 8.50. The number of hydrogen-bond donors (Lipinski definition) is 0. The van der Waals surface area contributed by atoms with Gasteiger partial charge >= 0.3 is 0 Å². The lowest BCUT2D eigenvalue weighted by Crippen LogP contribution is -1.94. The number of aromatic nitrogens is 2. The highest BCUT2D eigenvalue weighted by Crippen LogP contribution is 2.09. The SMILES string of the molecule is CC(C)c1cc(C#N)ncn1. The lowest BCUT2D eigenvalue weighted by molar-refractivity contribution is 0.812. The van der Waals surface area contributed by atoms with E-state index >= 15 is 0 Å². The quantitative estimate of drug-likeness (QED) is 0.604. The zero-order valence-corrected chi connectivity index (χ0v) is 6.57. The van der Waals surface area contributed by atoms with Gasteiger partial charge in [-0.2, -0.15) is 5.26 Å². The molecule has 0 saturated carbocycles. The van der Waals surface area contributed by atoms with Crippen LogP contribution in [0.25, 0.3) is 0 Å². The van der Waals surface area contributed by atoms with Gasteiger partial charge in [-0.25, -0.2) is 9.97 Å². The molecule has 0 aromatic carbocycles. The third-order valence-electron chi connectivity index (χ3n) is 1.39. The Kier molecular flexibility index (Phi) is 2.17. The standard InChI is InChI=1S/C8H9N3/c1-6(2)8-3-7(4-9)10-5-11-8/h3,5-6H,1-2H3. The first-order chi connectivity index (χ1) is 5.24. The summed E-state index contributed by atoms with van der Waals surface area (Å²) in [6.07, 6.45) is 1.42. The predicted molar refractivity (Wildman–Crippen MR) is 40.8 cm³/mol. The Morgan fingerprint density at radius 2 is 2.18 bits per heavy atom. The van der Waals surface area contributed by atoms with Crippen molar-refractivity contribution in [2.45, 2.75) is 19.8 Å². The van der Waals surface area contributed by atoms with Crippen molar-refractivity contribution >= 4 is 0 Å². The molecule has 3 heteroatoms. The molecule has 0 unspecified atom stereocenters. The van der Waals surface area contributed by atoms with Gasteiger partial charge in [-0.05, 0) is 12.0 Å². The van der Waals surface area contributed by atoms with E-state index in [1.54, 1.807) is 6.07 Å². The molecule has 0 radical (unpaired) electrons. The fraction of sp³-hybridized carbons (Fsp3) is 0.375. The Bertz CT molecular complexity index is 286. The third kappa shape index (κ3) is 1.74. The molecule has 0 aliphatic rings. The van der Waals surface area contributed by atoms with Gasteiger partial charge in [0.25, 0.3) is 0 Å². The number of nitriles is 1. The second kappa shape index (κ2) is 3.11. The molecule has 1 rings (SSSR count). The molecule has 0 aliphatic heterocycles. The summed E-state index contributed by atoms with van der Waals surface area (Å²) in [6, 6.07) is 3.68. The Hall–Kier alpha value is -1.43. The summed E-state index contributed by atoms with van der Waals surface area (Å²) in [5.74, 6) is 0.352. The minimum absolute atomic E-state index is 0.352. The van der Waals surface area contributed by atoms with Crippen LogP contribution >= 0.6 is 0 Å². The molecule has 1 aromatic rings. The van der Waals surface area contributed by atoms with Crippen LogP contribution in [0, 0.1) is 11.3 Å². The van der Waals surface area contributed by atoms with Crippen LogP contribution in [0.4, 0.5) is 0 Å². The van der Waals surface area contributed by atoms with Crippen LogP contribution in [-0.2, 0) is 0 Å². The van der Waals surface area contributed by atoms with E-state index in [2.05, 4.69) is 9.97 Å². The predicted octanol–water partition coefficient (Wildman–Crippen LogP) is 1.47. The number of rotatable bonds is 1. The van der Waals surface area contributed by atoms with Gasteiger partial charge in [0.05, 0.1) is 0 Å². The molecule has 0 saturated heterocycles. The van der Waals surface area contributed by atoms with Crippen molar-refractivity contribution in [1.82, 2.24) is 9.97 Å². The monoisotopic (exact) mass is 147 g/mol. The molecular weight excluding hydrogens is 138 g/mol. The zero-order valence-electron chi connectivity index (χ0n) is 6.57. The van der Waals surface area contributed by atoms with Gasteiger partial charge in [-0.15, -0.1) is 0 Å². The Balaban J connectivity index is 3.03. The summed E-state index contributed by atoms with van der Waals surface area (Å²) in [4.78, 5) is 7.79. The molecule has 3 nitrogen and oxygen atoms in total. The largest absolute Gasteiger partial charge is 0.241 e. The van der Waals surface area contributed by atoms with Gasteiger partial charge < -0.3 is 0 Å². The Morgan fingerprint density at radius 3 is 2.73 bits per heavy atom. The number of nitrogens with zero attached hydrogens (tertiary/aromatic N) is 3. The summed E-state index contributed by atoms with van der Waals surface area (Å²) in [6.45, 7) is 4.06. The molecule has 0 atom stereocenters. The van der Waals surface area contributed by atoms with Crippen molar-refractivity contribution in [1.29, 1.82) is 5.26 Å². The summed E-state index contributed by atoms with van der Waals surface area (Å²) in [5, 5.41) is 8.50. The Labute approximate surface area is 65.7 Å². The van der Waals surface area contributed by atoms with Crippen LogP contribution in [0.3, 0.4) is 0 Å². The molecule has 0 spiro atoms. The molecule has 0 bridgehead atoms. The summed E-state index contributed by atoms with van der Waals surface area (Å²) in [7, 11) is 0.